The van der Waals surface area contributed by atoms with Crippen molar-refractivity contribution in [2.24, 2.45) is 5.92 Å². The Balaban J connectivity index is 2.39. The van der Waals surface area contributed by atoms with Crippen molar-refractivity contribution in [1.82, 2.24) is 5.32 Å². The zero-order valence-corrected chi connectivity index (χ0v) is 6.84. The summed E-state index contributed by atoms with van der Waals surface area (Å²) >= 11 is 0. The smallest absolute Gasteiger partial charge is 0.165 e. The topological polar surface area (TPSA) is 49.3 Å². The molecular weight excluding hydrogens is 142 g/mol. The average Bonchev–Trinajstić information content (AvgIpc) is 2.05. The molecule has 1 fully saturated rings. The van der Waals surface area contributed by atoms with Gasteiger partial charge in [-0.2, -0.15) is 0 Å². The van der Waals surface area contributed by atoms with Crippen LogP contribution in [-0.4, -0.2) is 30.1 Å². The third-order valence-electron chi connectivity index (χ3n) is 2.11. The third-order valence-corrected chi connectivity index (χ3v) is 2.11. The summed E-state index contributed by atoms with van der Waals surface area (Å²) in [7, 11) is 0. The first kappa shape index (κ1) is 8.68. The van der Waals surface area contributed by atoms with Crippen molar-refractivity contribution in [1.29, 1.82) is 0 Å². The maximum atomic E-state index is 11.2. The number of nitrogens with one attached hydrogen (secondary N) is 1. The van der Waals surface area contributed by atoms with Gasteiger partial charge in [-0.1, -0.05) is 0 Å². The summed E-state index contributed by atoms with van der Waals surface area (Å²) < 4.78 is 0. The quantitative estimate of drug-likeness (QED) is 0.590. The third kappa shape index (κ3) is 2.27. The molecule has 0 bridgehead atoms. The van der Waals surface area contributed by atoms with Gasteiger partial charge in [-0.25, -0.2) is 0 Å². The predicted molar refractivity (Wildman–Crippen MR) is 42.3 cm³/mol. The van der Waals surface area contributed by atoms with Crippen molar-refractivity contribution >= 4 is 5.78 Å². The maximum Gasteiger partial charge on any atom is 0.165 e. The van der Waals surface area contributed by atoms with Crippen LogP contribution in [0.2, 0.25) is 0 Å². The number of aliphatic hydroxyl groups excluding tert-OH is 1. The minimum atomic E-state index is -0.792. The first-order valence-electron chi connectivity index (χ1n) is 4.14. The lowest BCUT2D eigenvalue weighted by atomic mass is 9.93. The molecule has 3 heteroatoms. The largest absolute Gasteiger partial charge is 0.386 e. The Morgan fingerprint density at radius 1 is 1.73 bits per heavy atom. The summed E-state index contributed by atoms with van der Waals surface area (Å²) in [6.07, 6.45) is 1.18. The summed E-state index contributed by atoms with van der Waals surface area (Å²) in [6, 6.07) is 0. The molecule has 0 aromatic heterocycles. The highest BCUT2D eigenvalue weighted by atomic mass is 16.3. The van der Waals surface area contributed by atoms with E-state index in [4.69, 9.17) is 5.11 Å². The van der Waals surface area contributed by atoms with Gasteiger partial charge in [-0.15, -0.1) is 0 Å². The van der Waals surface area contributed by atoms with Crippen molar-refractivity contribution in [3.63, 3.8) is 0 Å². The summed E-state index contributed by atoms with van der Waals surface area (Å²) in [6.45, 7) is 3.28. The monoisotopic (exact) mass is 157 g/mol. The van der Waals surface area contributed by atoms with E-state index in [2.05, 4.69) is 5.32 Å². The van der Waals surface area contributed by atoms with E-state index in [1.165, 1.54) is 6.92 Å². The molecule has 0 saturated carbocycles. The Morgan fingerprint density at radius 2 is 2.45 bits per heavy atom. The molecule has 1 aliphatic rings. The fraction of sp³-hybridized carbons (Fsp3) is 0.875. The van der Waals surface area contributed by atoms with E-state index in [9.17, 15) is 4.79 Å². The molecule has 64 valence electrons. The van der Waals surface area contributed by atoms with Crippen LogP contribution >= 0.6 is 0 Å². The van der Waals surface area contributed by atoms with Crippen LogP contribution < -0.4 is 5.32 Å². The molecule has 3 nitrogen and oxygen atoms in total. The lowest BCUT2D eigenvalue weighted by Gasteiger charge is -2.22. The number of Topliss-reactive ketones (excluding diaryl/α,β-unsaturated/α-hetero) is 1. The Kier molecular flexibility index (Phi) is 3.02. The molecule has 2 atom stereocenters. The molecule has 2 unspecified atom stereocenters. The molecule has 2 N–H and O–H groups in total. The van der Waals surface area contributed by atoms with Gasteiger partial charge in [-0.05, 0) is 26.3 Å². The summed E-state index contributed by atoms with van der Waals surface area (Å²) in [4.78, 5) is 11.2. The first-order chi connectivity index (χ1) is 5.22. The molecule has 0 spiro atoms. The lowest BCUT2D eigenvalue weighted by molar-refractivity contribution is -0.130. The number of rotatable bonds is 2. The van der Waals surface area contributed by atoms with Gasteiger partial charge in [0.1, 0.15) is 6.10 Å². The summed E-state index contributed by atoms with van der Waals surface area (Å²) in [5.41, 5.74) is 0. The molecule has 11 heavy (non-hydrogen) atoms. The van der Waals surface area contributed by atoms with Crippen molar-refractivity contribution in [3.05, 3.63) is 0 Å². The van der Waals surface area contributed by atoms with Gasteiger partial charge in [-0.3, -0.25) is 4.79 Å². The van der Waals surface area contributed by atoms with E-state index in [1.807, 2.05) is 0 Å². The number of hydrogen-bond acceptors (Lipinski definition) is 3. The van der Waals surface area contributed by atoms with Crippen molar-refractivity contribution in [2.75, 3.05) is 13.1 Å². The van der Waals surface area contributed by atoms with Crippen LogP contribution in [0.15, 0.2) is 0 Å². The molecule has 0 aromatic rings. The molecular formula is C8H15NO2. The van der Waals surface area contributed by atoms with Gasteiger partial charge in [0.25, 0.3) is 0 Å². The molecule has 1 heterocycles. The standard InChI is InChI=1S/C8H15NO2/c1-6(10)8(11)7-3-2-4-9-5-7/h6-7,9-10H,2-5H2,1H3. The van der Waals surface area contributed by atoms with Crippen LogP contribution in [0.3, 0.4) is 0 Å². The fourth-order valence-corrected chi connectivity index (χ4v) is 1.44. The first-order valence-corrected chi connectivity index (χ1v) is 4.14. The molecule has 0 aliphatic carbocycles. The normalized spacial score (nSPS) is 28.0. The predicted octanol–water partition coefficient (Wildman–Crippen LogP) is -0.0641. The minimum Gasteiger partial charge on any atom is -0.386 e. The van der Waals surface area contributed by atoms with Gasteiger partial charge in [0.05, 0.1) is 0 Å². The van der Waals surface area contributed by atoms with E-state index < -0.39 is 6.10 Å². The van der Waals surface area contributed by atoms with Gasteiger partial charge in [0.2, 0.25) is 0 Å². The summed E-state index contributed by atoms with van der Waals surface area (Å²) in [5.74, 6) is 0.0287. The second kappa shape index (κ2) is 3.83. The Hall–Kier alpha value is -0.410. The molecule has 0 aromatic carbocycles. The van der Waals surface area contributed by atoms with Gasteiger partial charge < -0.3 is 10.4 Å². The number of hydrogen-bond donors (Lipinski definition) is 2. The number of carbonyl (C=O) groups excluding carboxylic acids is 1. The number of piperidine rings is 1. The van der Waals surface area contributed by atoms with E-state index in [0.717, 1.165) is 25.9 Å². The molecule has 0 amide bonds. The maximum absolute atomic E-state index is 11.2. The second-order valence-electron chi connectivity index (χ2n) is 3.12. The lowest BCUT2D eigenvalue weighted by Crippen LogP contribution is -2.38. The van der Waals surface area contributed by atoms with E-state index in [1.54, 1.807) is 0 Å². The second-order valence-corrected chi connectivity index (χ2v) is 3.12. The van der Waals surface area contributed by atoms with Crippen LogP contribution in [0.4, 0.5) is 0 Å². The Morgan fingerprint density at radius 3 is 2.91 bits per heavy atom. The number of aliphatic hydroxyl groups is 1. The highest BCUT2D eigenvalue weighted by Crippen LogP contribution is 2.12. The zero-order valence-electron chi connectivity index (χ0n) is 6.84. The van der Waals surface area contributed by atoms with Crippen molar-refractivity contribution < 1.29 is 9.90 Å². The van der Waals surface area contributed by atoms with E-state index in [0.29, 0.717) is 0 Å². The van der Waals surface area contributed by atoms with Gasteiger partial charge in [0, 0.05) is 12.5 Å². The molecule has 1 saturated heterocycles. The van der Waals surface area contributed by atoms with Crippen LogP contribution in [-0.2, 0) is 4.79 Å². The number of ketones is 1. The SMILES string of the molecule is CC(O)C(=O)C1CCCNC1. The van der Waals surface area contributed by atoms with Crippen LogP contribution in [0, 0.1) is 5.92 Å². The van der Waals surface area contributed by atoms with Crippen molar-refractivity contribution in [2.45, 2.75) is 25.9 Å². The van der Waals surface area contributed by atoms with Crippen molar-refractivity contribution in [3.8, 4) is 0 Å². The van der Waals surface area contributed by atoms with E-state index >= 15 is 0 Å². The fourth-order valence-electron chi connectivity index (χ4n) is 1.44. The van der Waals surface area contributed by atoms with Gasteiger partial charge >= 0.3 is 0 Å². The average molecular weight is 157 g/mol. The molecule has 0 radical (unpaired) electrons. The van der Waals surface area contributed by atoms with Crippen LogP contribution in [0.25, 0.3) is 0 Å². The minimum absolute atomic E-state index is 0.0165. The van der Waals surface area contributed by atoms with Gasteiger partial charge in [0.15, 0.2) is 5.78 Å². The van der Waals surface area contributed by atoms with E-state index in [-0.39, 0.29) is 11.7 Å². The Labute approximate surface area is 66.8 Å². The molecule has 1 aliphatic heterocycles. The van der Waals surface area contributed by atoms with Crippen LogP contribution in [0.1, 0.15) is 19.8 Å². The highest BCUT2D eigenvalue weighted by Gasteiger charge is 2.23. The molecule has 1 rings (SSSR count). The summed E-state index contributed by atoms with van der Waals surface area (Å²) in [5, 5.41) is 12.1. The number of carbonyl (C=O) groups is 1. The zero-order chi connectivity index (χ0) is 8.27. The van der Waals surface area contributed by atoms with Crippen LogP contribution in [0.5, 0.6) is 0 Å². The highest BCUT2D eigenvalue weighted by molar-refractivity contribution is 5.85. The Bertz CT molecular complexity index is 139.